The summed E-state index contributed by atoms with van der Waals surface area (Å²) in [7, 11) is 0. The van der Waals surface area contributed by atoms with Crippen molar-refractivity contribution < 1.29 is 19.5 Å². The monoisotopic (exact) mass is 241 g/mol. The van der Waals surface area contributed by atoms with Crippen LogP contribution in [-0.2, 0) is 14.4 Å². The molecule has 0 aromatic rings. The number of rotatable bonds is 4. The van der Waals surface area contributed by atoms with Crippen molar-refractivity contribution in [3.05, 3.63) is 0 Å². The number of carbonyl (C=O) groups excluding carboxylic acids is 2. The predicted molar refractivity (Wildman–Crippen MR) is 61.4 cm³/mol. The van der Waals surface area contributed by atoms with Crippen LogP contribution >= 0.6 is 0 Å². The second kappa shape index (κ2) is 6.37. The molecular weight excluding hydrogens is 222 g/mol. The van der Waals surface area contributed by atoms with Crippen LogP contribution in [0.25, 0.3) is 0 Å². The summed E-state index contributed by atoms with van der Waals surface area (Å²) in [6, 6.07) is -0.945. The highest BCUT2D eigenvalue weighted by molar-refractivity contribution is 5.85. The maximum atomic E-state index is 11.8. The van der Waals surface area contributed by atoms with E-state index in [0.717, 1.165) is 25.7 Å². The maximum Gasteiger partial charge on any atom is 0.326 e. The van der Waals surface area contributed by atoms with E-state index < -0.39 is 12.0 Å². The second-order valence-corrected chi connectivity index (χ2v) is 4.59. The molecule has 1 rings (SSSR count). The van der Waals surface area contributed by atoms with Gasteiger partial charge in [-0.3, -0.25) is 9.59 Å². The number of carboxylic acids is 1. The molecule has 0 aromatic carbocycles. The Morgan fingerprint density at radius 3 is 2.71 bits per heavy atom. The lowest BCUT2D eigenvalue weighted by molar-refractivity contribution is -0.142. The standard InChI is InChI=1S/C12H19NO4/c1-8(14)13-10(12(16)17)7-9-5-3-2-4-6-11(9)15/h9-10H,2-7H2,1H3,(H,13,14)(H,16,17). The topological polar surface area (TPSA) is 83.5 Å². The molecule has 96 valence electrons. The van der Waals surface area contributed by atoms with Gasteiger partial charge < -0.3 is 10.4 Å². The Hall–Kier alpha value is -1.39. The number of aliphatic carboxylic acids is 1. The lowest BCUT2D eigenvalue weighted by Crippen LogP contribution is -2.41. The number of Topliss-reactive ketones (excluding diaryl/α,β-unsaturated/α-hetero) is 1. The molecule has 1 aliphatic carbocycles. The van der Waals surface area contributed by atoms with Crippen molar-refractivity contribution >= 4 is 17.7 Å². The smallest absolute Gasteiger partial charge is 0.326 e. The molecule has 5 heteroatoms. The van der Waals surface area contributed by atoms with E-state index in [0.29, 0.717) is 6.42 Å². The first-order chi connectivity index (χ1) is 8.00. The molecule has 0 aromatic heterocycles. The van der Waals surface area contributed by atoms with Crippen molar-refractivity contribution in [1.29, 1.82) is 0 Å². The quantitative estimate of drug-likeness (QED) is 0.722. The molecule has 0 heterocycles. The molecule has 1 aliphatic rings. The number of nitrogens with one attached hydrogen (secondary N) is 1. The molecule has 2 atom stereocenters. The number of amides is 1. The van der Waals surface area contributed by atoms with Crippen LogP contribution in [0.2, 0.25) is 0 Å². The van der Waals surface area contributed by atoms with Crippen LogP contribution in [0.5, 0.6) is 0 Å². The minimum Gasteiger partial charge on any atom is -0.480 e. The fourth-order valence-corrected chi connectivity index (χ4v) is 2.23. The van der Waals surface area contributed by atoms with Crippen molar-refractivity contribution in [2.24, 2.45) is 5.92 Å². The Labute approximate surface area is 101 Å². The Kier molecular flexibility index (Phi) is 5.12. The predicted octanol–water partition coefficient (Wildman–Crippen LogP) is 1.12. The van der Waals surface area contributed by atoms with E-state index in [9.17, 15) is 14.4 Å². The fraction of sp³-hybridized carbons (Fsp3) is 0.750. The van der Waals surface area contributed by atoms with Crippen molar-refractivity contribution in [1.82, 2.24) is 5.32 Å². The van der Waals surface area contributed by atoms with E-state index in [1.807, 2.05) is 0 Å². The Bertz CT molecular complexity index is 314. The SMILES string of the molecule is CC(=O)NC(CC1CCCCCC1=O)C(=O)O. The van der Waals surface area contributed by atoms with E-state index >= 15 is 0 Å². The first-order valence-electron chi connectivity index (χ1n) is 6.03. The van der Waals surface area contributed by atoms with Crippen molar-refractivity contribution in [2.75, 3.05) is 0 Å². The third kappa shape index (κ3) is 4.54. The normalized spacial score (nSPS) is 22.6. The number of ketones is 1. The molecule has 2 N–H and O–H groups in total. The van der Waals surface area contributed by atoms with Crippen LogP contribution in [0.1, 0.15) is 45.4 Å². The van der Waals surface area contributed by atoms with Crippen LogP contribution < -0.4 is 5.32 Å². The molecule has 0 bridgehead atoms. The van der Waals surface area contributed by atoms with Crippen LogP contribution in [0.15, 0.2) is 0 Å². The highest BCUT2D eigenvalue weighted by atomic mass is 16.4. The summed E-state index contributed by atoms with van der Waals surface area (Å²) in [6.07, 6.45) is 4.38. The Morgan fingerprint density at radius 2 is 2.12 bits per heavy atom. The molecule has 0 radical (unpaired) electrons. The van der Waals surface area contributed by atoms with Gasteiger partial charge in [0, 0.05) is 19.3 Å². The molecule has 0 aliphatic heterocycles. The van der Waals surface area contributed by atoms with Gasteiger partial charge >= 0.3 is 5.97 Å². The summed E-state index contributed by atoms with van der Waals surface area (Å²) < 4.78 is 0. The molecule has 0 saturated heterocycles. The van der Waals surface area contributed by atoms with Gasteiger partial charge in [0.15, 0.2) is 0 Å². The summed E-state index contributed by atoms with van der Waals surface area (Å²) in [4.78, 5) is 33.6. The number of hydrogen-bond acceptors (Lipinski definition) is 3. The number of carboxylic acid groups (broad SMARTS) is 1. The third-order valence-electron chi connectivity index (χ3n) is 3.13. The van der Waals surface area contributed by atoms with Gasteiger partial charge in [-0.05, 0) is 19.3 Å². The van der Waals surface area contributed by atoms with E-state index in [1.165, 1.54) is 6.92 Å². The zero-order valence-corrected chi connectivity index (χ0v) is 10.1. The highest BCUT2D eigenvalue weighted by Gasteiger charge is 2.28. The molecule has 5 nitrogen and oxygen atoms in total. The highest BCUT2D eigenvalue weighted by Crippen LogP contribution is 2.23. The molecule has 0 spiro atoms. The second-order valence-electron chi connectivity index (χ2n) is 4.59. The first-order valence-corrected chi connectivity index (χ1v) is 6.03. The van der Waals surface area contributed by atoms with Gasteiger partial charge in [0.05, 0.1) is 0 Å². The Morgan fingerprint density at radius 1 is 1.41 bits per heavy atom. The lowest BCUT2D eigenvalue weighted by atomic mass is 9.91. The summed E-state index contributed by atoms with van der Waals surface area (Å²) in [6.45, 7) is 1.28. The van der Waals surface area contributed by atoms with Crippen molar-refractivity contribution in [3.8, 4) is 0 Å². The average Bonchev–Trinajstić information content (AvgIpc) is 2.42. The zero-order chi connectivity index (χ0) is 12.8. The molecule has 17 heavy (non-hydrogen) atoms. The van der Waals surface area contributed by atoms with Gasteiger partial charge in [0.25, 0.3) is 0 Å². The van der Waals surface area contributed by atoms with Gasteiger partial charge in [-0.15, -0.1) is 0 Å². The van der Waals surface area contributed by atoms with E-state index in [2.05, 4.69) is 5.32 Å². The number of carbonyl (C=O) groups is 3. The molecule has 1 saturated carbocycles. The van der Waals surface area contributed by atoms with Crippen LogP contribution in [0.4, 0.5) is 0 Å². The largest absolute Gasteiger partial charge is 0.480 e. The van der Waals surface area contributed by atoms with E-state index in [4.69, 9.17) is 5.11 Å². The Balaban J connectivity index is 2.60. The van der Waals surface area contributed by atoms with Crippen LogP contribution in [0.3, 0.4) is 0 Å². The van der Waals surface area contributed by atoms with Gasteiger partial charge in [0.2, 0.25) is 5.91 Å². The van der Waals surface area contributed by atoms with E-state index in [-0.39, 0.29) is 24.0 Å². The fourth-order valence-electron chi connectivity index (χ4n) is 2.23. The minimum atomic E-state index is -1.07. The first kappa shape index (κ1) is 13.7. The average molecular weight is 241 g/mol. The molecule has 1 amide bonds. The summed E-state index contributed by atoms with van der Waals surface area (Å²) >= 11 is 0. The van der Waals surface area contributed by atoms with Gasteiger partial charge in [-0.25, -0.2) is 4.79 Å². The van der Waals surface area contributed by atoms with Gasteiger partial charge in [-0.1, -0.05) is 12.8 Å². The minimum absolute atomic E-state index is 0.138. The summed E-state index contributed by atoms with van der Waals surface area (Å²) in [5, 5.41) is 11.4. The van der Waals surface area contributed by atoms with Gasteiger partial charge in [-0.2, -0.15) is 0 Å². The molecular formula is C12H19NO4. The zero-order valence-electron chi connectivity index (χ0n) is 10.1. The van der Waals surface area contributed by atoms with Gasteiger partial charge in [0.1, 0.15) is 11.8 Å². The van der Waals surface area contributed by atoms with E-state index in [1.54, 1.807) is 0 Å². The molecule has 1 fully saturated rings. The van der Waals surface area contributed by atoms with Crippen molar-refractivity contribution in [3.63, 3.8) is 0 Å². The summed E-state index contributed by atoms with van der Waals surface area (Å²) in [5.74, 6) is -1.53. The lowest BCUT2D eigenvalue weighted by Gasteiger charge is -2.19. The van der Waals surface area contributed by atoms with Crippen LogP contribution in [-0.4, -0.2) is 28.8 Å². The van der Waals surface area contributed by atoms with Crippen molar-refractivity contribution in [2.45, 2.75) is 51.5 Å². The maximum absolute atomic E-state index is 11.8. The number of hydrogen-bond donors (Lipinski definition) is 2. The molecule has 2 unspecified atom stereocenters. The summed E-state index contributed by atoms with van der Waals surface area (Å²) in [5.41, 5.74) is 0. The third-order valence-corrected chi connectivity index (χ3v) is 3.13. The van der Waals surface area contributed by atoms with Crippen LogP contribution in [0, 0.1) is 5.92 Å².